The highest BCUT2D eigenvalue weighted by atomic mass is 35.5. The molecule has 0 spiro atoms. The van der Waals surface area contributed by atoms with Crippen LogP contribution in [0, 0.1) is 0 Å². The lowest BCUT2D eigenvalue weighted by atomic mass is 10.2. The van der Waals surface area contributed by atoms with Gasteiger partial charge in [-0.15, -0.1) is 24.8 Å². The molecule has 0 aromatic rings. The number of hydrogen-bond acceptors (Lipinski definition) is 3. The number of morpholine rings is 1. The summed E-state index contributed by atoms with van der Waals surface area (Å²) in [5, 5.41) is 0. The van der Waals surface area contributed by atoms with E-state index < -0.39 is 0 Å². The van der Waals surface area contributed by atoms with Crippen LogP contribution >= 0.6 is 24.8 Å². The molecule has 11 heavy (non-hydrogen) atoms. The highest BCUT2D eigenvalue weighted by Gasteiger charge is 2.16. The van der Waals surface area contributed by atoms with Crippen LogP contribution in [0.4, 0.5) is 0 Å². The lowest BCUT2D eigenvalue weighted by Gasteiger charge is -2.31. The zero-order valence-electron chi connectivity index (χ0n) is 6.66. The van der Waals surface area contributed by atoms with Crippen molar-refractivity contribution in [2.45, 2.75) is 6.04 Å². The van der Waals surface area contributed by atoms with Crippen LogP contribution in [0.15, 0.2) is 0 Å². The van der Waals surface area contributed by atoms with Gasteiger partial charge in [-0.1, -0.05) is 0 Å². The minimum absolute atomic E-state index is 0. The number of rotatable bonds is 1. The molecule has 1 atom stereocenters. The predicted octanol–water partition coefficient (Wildman–Crippen LogP) is 0.119. The van der Waals surface area contributed by atoms with Crippen molar-refractivity contribution in [2.75, 3.05) is 33.4 Å². The molecule has 70 valence electrons. The van der Waals surface area contributed by atoms with E-state index in [1.165, 1.54) is 0 Å². The Balaban J connectivity index is 0. The molecule has 0 amide bonds. The highest BCUT2D eigenvalue weighted by Crippen LogP contribution is 2.00. The molecule has 1 saturated heterocycles. The van der Waals surface area contributed by atoms with Crippen LogP contribution in [-0.4, -0.2) is 44.3 Å². The maximum absolute atomic E-state index is 5.47. The van der Waals surface area contributed by atoms with Crippen LogP contribution in [0.1, 0.15) is 0 Å². The smallest absolute Gasteiger partial charge is 0.0634 e. The molecule has 0 aromatic carbocycles. The van der Waals surface area contributed by atoms with E-state index in [9.17, 15) is 0 Å². The summed E-state index contributed by atoms with van der Waals surface area (Å²) >= 11 is 0. The van der Waals surface area contributed by atoms with Crippen LogP contribution in [0.5, 0.6) is 0 Å². The number of nitrogens with two attached hydrogens (primary N) is 1. The summed E-state index contributed by atoms with van der Waals surface area (Å²) in [7, 11) is 2.08. The average molecular weight is 203 g/mol. The first-order valence-corrected chi connectivity index (χ1v) is 3.32. The quantitative estimate of drug-likeness (QED) is 0.657. The summed E-state index contributed by atoms with van der Waals surface area (Å²) in [4.78, 5) is 2.24. The van der Waals surface area contributed by atoms with E-state index >= 15 is 0 Å². The molecule has 0 aromatic heterocycles. The Labute approximate surface area is 80.1 Å². The SMILES string of the molecule is CN1CCOCC1CN.Cl.Cl. The number of ether oxygens (including phenoxy) is 1. The molecule has 1 heterocycles. The Bertz CT molecular complexity index is 94.7. The van der Waals surface area contributed by atoms with Crippen molar-refractivity contribution in [2.24, 2.45) is 5.73 Å². The van der Waals surface area contributed by atoms with Gasteiger partial charge in [0.25, 0.3) is 0 Å². The van der Waals surface area contributed by atoms with Gasteiger partial charge < -0.3 is 10.5 Å². The van der Waals surface area contributed by atoms with Crippen LogP contribution in [0.3, 0.4) is 0 Å². The van der Waals surface area contributed by atoms with Gasteiger partial charge in [-0.25, -0.2) is 0 Å². The lowest BCUT2D eigenvalue weighted by molar-refractivity contribution is 0.00948. The van der Waals surface area contributed by atoms with Gasteiger partial charge in [0.05, 0.1) is 13.2 Å². The van der Waals surface area contributed by atoms with Gasteiger partial charge in [-0.3, -0.25) is 4.90 Å². The Morgan fingerprint density at radius 3 is 2.55 bits per heavy atom. The molecule has 1 rings (SSSR count). The molecule has 0 aliphatic carbocycles. The van der Waals surface area contributed by atoms with Gasteiger partial charge in [0.15, 0.2) is 0 Å². The number of likely N-dealkylation sites (N-methyl/N-ethyl adjacent to an activating group) is 1. The van der Waals surface area contributed by atoms with Crippen molar-refractivity contribution >= 4 is 24.8 Å². The monoisotopic (exact) mass is 202 g/mol. The summed E-state index contributed by atoms with van der Waals surface area (Å²) in [6.07, 6.45) is 0. The summed E-state index contributed by atoms with van der Waals surface area (Å²) in [5.41, 5.74) is 5.47. The summed E-state index contributed by atoms with van der Waals surface area (Å²) in [6, 6.07) is 0.443. The fraction of sp³-hybridized carbons (Fsp3) is 1.00. The topological polar surface area (TPSA) is 38.5 Å². The second-order valence-electron chi connectivity index (χ2n) is 2.45. The zero-order valence-corrected chi connectivity index (χ0v) is 8.29. The van der Waals surface area contributed by atoms with Gasteiger partial charge in [0.2, 0.25) is 0 Å². The van der Waals surface area contributed by atoms with Crippen LogP contribution in [-0.2, 0) is 4.74 Å². The molecular weight excluding hydrogens is 187 g/mol. The summed E-state index contributed by atoms with van der Waals surface area (Å²) < 4.78 is 5.22. The third-order valence-electron chi connectivity index (χ3n) is 1.79. The molecule has 1 unspecified atom stereocenters. The fourth-order valence-corrected chi connectivity index (χ4v) is 0.986. The second kappa shape index (κ2) is 7.13. The summed E-state index contributed by atoms with van der Waals surface area (Å²) in [6.45, 7) is 3.37. The average Bonchev–Trinajstić information content (AvgIpc) is 1.89. The zero-order chi connectivity index (χ0) is 6.69. The van der Waals surface area contributed by atoms with Crippen molar-refractivity contribution < 1.29 is 4.74 Å². The van der Waals surface area contributed by atoms with E-state index in [1.807, 2.05) is 0 Å². The maximum Gasteiger partial charge on any atom is 0.0634 e. The van der Waals surface area contributed by atoms with Gasteiger partial charge in [0.1, 0.15) is 0 Å². The maximum atomic E-state index is 5.47. The largest absolute Gasteiger partial charge is 0.378 e. The van der Waals surface area contributed by atoms with Crippen LogP contribution in [0.25, 0.3) is 0 Å². The molecule has 1 fully saturated rings. The molecule has 0 saturated carbocycles. The van der Waals surface area contributed by atoms with E-state index in [4.69, 9.17) is 10.5 Å². The van der Waals surface area contributed by atoms with Gasteiger partial charge in [0, 0.05) is 19.1 Å². The molecule has 1 aliphatic rings. The molecular formula is C6H16Cl2N2O. The Morgan fingerprint density at radius 2 is 2.18 bits per heavy atom. The van der Waals surface area contributed by atoms with Crippen molar-refractivity contribution in [3.63, 3.8) is 0 Å². The standard InChI is InChI=1S/C6H14N2O.2ClH/c1-8-2-3-9-5-6(8)4-7;;/h6H,2-5,7H2,1H3;2*1H. The fourth-order valence-electron chi connectivity index (χ4n) is 0.986. The first-order chi connectivity index (χ1) is 4.34. The molecule has 1 aliphatic heterocycles. The third kappa shape index (κ3) is 4.13. The van der Waals surface area contributed by atoms with Gasteiger partial charge in [-0.2, -0.15) is 0 Å². The normalized spacial score (nSPS) is 25.1. The third-order valence-corrected chi connectivity index (χ3v) is 1.79. The van der Waals surface area contributed by atoms with Crippen LogP contribution in [0.2, 0.25) is 0 Å². The van der Waals surface area contributed by atoms with Gasteiger partial charge in [-0.05, 0) is 7.05 Å². The predicted molar refractivity (Wildman–Crippen MR) is 50.8 cm³/mol. The highest BCUT2D eigenvalue weighted by molar-refractivity contribution is 5.85. The second-order valence-corrected chi connectivity index (χ2v) is 2.45. The van der Waals surface area contributed by atoms with Crippen LogP contribution < -0.4 is 5.73 Å². The minimum atomic E-state index is 0. The molecule has 2 N–H and O–H groups in total. The molecule has 3 nitrogen and oxygen atoms in total. The van der Waals surface area contributed by atoms with E-state index in [0.29, 0.717) is 12.6 Å². The lowest BCUT2D eigenvalue weighted by Crippen LogP contribution is -2.46. The van der Waals surface area contributed by atoms with E-state index in [1.54, 1.807) is 0 Å². The van der Waals surface area contributed by atoms with Crippen molar-refractivity contribution in [1.82, 2.24) is 4.90 Å². The number of hydrogen-bond donors (Lipinski definition) is 1. The minimum Gasteiger partial charge on any atom is -0.378 e. The van der Waals surface area contributed by atoms with E-state index in [-0.39, 0.29) is 24.8 Å². The van der Waals surface area contributed by atoms with Crippen molar-refractivity contribution in [3.05, 3.63) is 0 Å². The Kier molecular flexibility index (Phi) is 9.08. The molecule has 5 heteroatoms. The van der Waals surface area contributed by atoms with Crippen molar-refractivity contribution in [3.8, 4) is 0 Å². The Hall–Kier alpha value is 0.460. The Morgan fingerprint density at radius 1 is 1.55 bits per heavy atom. The number of nitrogens with zero attached hydrogens (tertiary/aromatic N) is 1. The molecule has 0 radical (unpaired) electrons. The first-order valence-electron chi connectivity index (χ1n) is 3.32. The van der Waals surface area contributed by atoms with Crippen molar-refractivity contribution in [1.29, 1.82) is 0 Å². The number of halogens is 2. The van der Waals surface area contributed by atoms with Gasteiger partial charge >= 0.3 is 0 Å². The first kappa shape index (κ1) is 14.0. The summed E-state index contributed by atoms with van der Waals surface area (Å²) in [5.74, 6) is 0. The molecule has 0 bridgehead atoms. The van der Waals surface area contributed by atoms with E-state index in [2.05, 4.69) is 11.9 Å². The van der Waals surface area contributed by atoms with E-state index in [0.717, 1.165) is 19.8 Å².